The van der Waals surface area contributed by atoms with Crippen molar-refractivity contribution in [2.75, 3.05) is 6.54 Å². The number of carbonyl (C=O) groups excluding carboxylic acids is 1. The molecule has 1 aromatic carbocycles. The van der Waals surface area contributed by atoms with E-state index < -0.39 is 4.92 Å². The number of nitrogens with one attached hydrogen (secondary N) is 1. The Bertz CT molecular complexity index is 825. The summed E-state index contributed by atoms with van der Waals surface area (Å²) in [4.78, 5) is 33.3. The third kappa shape index (κ3) is 4.87. The van der Waals surface area contributed by atoms with E-state index in [0.29, 0.717) is 5.56 Å². The van der Waals surface area contributed by atoms with Crippen LogP contribution in [0.1, 0.15) is 11.3 Å². The van der Waals surface area contributed by atoms with Crippen LogP contribution in [0.4, 0.5) is 5.69 Å². The lowest BCUT2D eigenvalue weighted by molar-refractivity contribution is -0.384. The Morgan fingerprint density at radius 1 is 1.29 bits per heavy atom. The predicted molar refractivity (Wildman–Crippen MR) is 88.4 cm³/mol. The van der Waals surface area contributed by atoms with E-state index in [1.165, 1.54) is 29.0 Å². The topological polar surface area (TPSA) is 107 Å². The molecule has 124 valence electrons. The van der Waals surface area contributed by atoms with Crippen molar-refractivity contribution in [1.82, 2.24) is 15.1 Å². The predicted octanol–water partition coefficient (Wildman–Crippen LogP) is 1.29. The Balaban J connectivity index is 1.85. The summed E-state index contributed by atoms with van der Waals surface area (Å²) in [6.07, 6.45) is 2.88. The minimum atomic E-state index is -0.485. The van der Waals surface area contributed by atoms with Gasteiger partial charge in [0.1, 0.15) is 0 Å². The second-order valence-electron chi connectivity index (χ2n) is 5.01. The Morgan fingerprint density at radius 3 is 2.67 bits per heavy atom. The summed E-state index contributed by atoms with van der Waals surface area (Å²) < 4.78 is 1.29. The SMILES string of the molecule is Cc1ccc(=O)n(CCNC(=O)/C=C/c2ccc([N+](=O)[O-])cc2)n1. The molecule has 0 unspecified atom stereocenters. The maximum Gasteiger partial charge on any atom is 0.269 e. The number of amides is 1. The van der Waals surface area contributed by atoms with E-state index in [-0.39, 0.29) is 30.2 Å². The average molecular weight is 328 g/mol. The molecule has 0 aliphatic carbocycles. The van der Waals surface area contributed by atoms with E-state index in [9.17, 15) is 19.7 Å². The first-order valence-corrected chi connectivity index (χ1v) is 7.21. The average Bonchev–Trinajstić information content (AvgIpc) is 2.56. The first kappa shape index (κ1) is 17.1. The first-order valence-electron chi connectivity index (χ1n) is 7.21. The molecule has 0 saturated carbocycles. The van der Waals surface area contributed by atoms with Crippen LogP contribution in [-0.4, -0.2) is 27.2 Å². The van der Waals surface area contributed by atoms with E-state index in [4.69, 9.17) is 0 Å². The molecule has 2 rings (SSSR count). The minimum absolute atomic E-state index is 0.00676. The highest BCUT2D eigenvalue weighted by molar-refractivity contribution is 5.91. The largest absolute Gasteiger partial charge is 0.351 e. The van der Waals surface area contributed by atoms with Gasteiger partial charge < -0.3 is 5.32 Å². The van der Waals surface area contributed by atoms with Crippen molar-refractivity contribution in [3.05, 3.63) is 74.2 Å². The molecule has 2 aromatic rings. The summed E-state index contributed by atoms with van der Waals surface area (Å²) in [5, 5.41) is 17.3. The smallest absolute Gasteiger partial charge is 0.269 e. The van der Waals surface area contributed by atoms with Gasteiger partial charge in [0.15, 0.2) is 0 Å². The van der Waals surface area contributed by atoms with Crippen molar-refractivity contribution in [3.63, 3.8) is 0 Å². The molecule has 0 radical (unpaired) electrons. The molecular weight excluding hydrogens is 312 g/mol. The normalized spacial score (nSPS) is 10.7. The van der Waals surface area contributed by atoms with Crippen LogP contribution in [0.2, 0.25) is 0 Å². The summed E-state index contributed by atoms with van der Waals surface area (Å²) >= 11 is 0. The quantitative estimate of drug-likeness (QED) is 0.488. The second-order valence-corrected chi connectivity index (χ2v) is 5.01. The molecule has 8 nitrogen and oxygen atoms in total. The van der Waals surface area contributed by atoms with Crippen LogP contribution in [0.25, 0.3) is 6.08 Å². The van der Waals surface area contributed by atoms with Crippen LogP contribution >= 0.6 is 0 Å². The number of carbonyl (C=O) groups is 1. The Hall–Kier alpha value is -3.29. The molecule has 0 aliphatic heterocycles. The highest BCUT2D eigenvalue weighted by atomic mass is 16.6. The van der Waals surface area contributed by atoms with Crippen molar-refractivity contribution >= 4 is 17.7 Å². The van der Waals surface area contributed by atoms with E-state index in [1.54, 1.807) is 31.2 Å². The molecule has 0 saturated heterocycles. The highest BCUT2D eigenvalue weighted by Gasteiger charge is 2.03. The monoisotopic (exact) mass is 328 g/mol. The van der Waals surface area contributed by atoms with Gasteiger partial charge in [-0.25, -0.2) is 4.68 Å². The summed E-state index contributed by atoms with van der Waals surface area (Å²) in [6.45, 7) is 2.32. The Morgan fingerprint density at radius 2 is 2.00 bits per heavy atom. The number of rotatable bonds is 6. The fourth-order valence-electron chi connectivity index (χ4n) is 1.93. The molecule has 1 heterocycles. The van der Waals surface area contributed by atoms with Crippen LogP contribution in [0.5, 0.6) is 0 Å². The lowest BCUT2D eigenvalue weighted by Crippen LogP contribution is -2.31. The minimum Gasteiger partial charge on any atom is -0.351 e. The van der Waals surface area contributed by atoms with Crippen LogP contribution in [0, 0.1) is 17.0 Å². The lowest BCUT2D eigenvalue weighted by atomic mass is 10.2. The fourth-order valence-corrected chi connectivity index (χ4v) is 1.93. The number of hydrogen-bond donors (Lipinski definition) is 1. The first-order chi connectivity index (χ1) is 11.5. The van der Waals surface area contributed by atoms with Crippen molar-refractivity contribution in [3.8, 4) is 0 Å². The number of non-ortho nitro benzene ring substituents is 1. The van der Waals surface area contributed by atoms with Gasteiger partial charge in [0, 0.05) is 30.8 Å². The van der Waals surface area contributed by atoms with Gasteiger partial charge in [-0.2, -0.15) is 5.10 Å². The molecule has 0 spiro atoms. The van der Waals surface area contributed by atoms with Crippen molar-refractivity contribution in [1.29, 1.82) is 0 Å². The Labute approximate surface area is 137 Å². The van der Waals surface area contributed by atoms with Gasteiger partial charge in [0.05, 0.1) is 17.2 Å². The van der Waals surface area contributed by atoms with Crippen LogP contribution in [0.3, 0.4) is 0 Å². The zero-order chi connectivity index (χ0) is 17.5. The molecule has 0 fully saturated rings. The standard InChI is InChI=1S/C16H16N4O4/c1-12-2-9-16(22)19(18-12)11-10-17-15(21)8-5-13-3-6-14(7-4-13)20(23)24/h2-9H,10-11H2,1H3,(H,17,21)/b8-5+. The van der Waals surface area contributed by atoms with Gasteiger partial charge in [0.25, 0.3) is 11.2 Å². The summed E-state index contributed by atoms with van der Waals surface area (Å²) in [7, 11) is 0. The number of aromatic nitrogens is 2. The van der Waals surface area contributed by atoms with E-state index >= 15 is 0 Å². The van der Waals surface area contributed by atoms with Crippen molar-refractivity contribution in [2.45, 2.75) is 13.5 Å². The van der Waals surface area contributed by atoms with Gasteiger partial charge in [-0.15, -0.1) is 0 Å². The fraction of sp³-hybridized carbons (Fsp3) is 0.188. The molecule has 0 bridgehead atoms. The number of nitrogens with zero attached hydrogens (tertiary/aromatic N) is 3. The van der Waals surface area contributed by atoms with Crippen molar-refractivity contribution in [2.24, 2.45) is 0 Å². The molecule has 24 heavy (non-hydrogen) atoms. The van der Waals surface area contributed by atoms with Crippen LogP contribution < -0.4 is 10.9 Å². The van der Waals surface area contributed by atoms with Gasteiger partial charge in [-0.3, -0.25) is 19.7 Å². The third-order valence-corrected chi connectivity index (χ3v) is 3.15. The molecular formula is C16H16N4O4. The van der Waals surface area contributed by atoms with Crippen LogP contribution in [-0.2, 0) is 11.3 Å². The number of benzene rings is 1. The summed E-state index contributed by atoms with van der Waals surface area (Å²) in [6, 6.07) is 8.90. The lowest BCUT2D eigenvalue weighted by Gasteiger charge is -2.05. The zero-order valence-corrected chi connectivity index (χ0v) is 13.0. The molecule has 1 aromatic heterocycles. The molecule has 8 heteroatoms. The number of nitro benzene ring substituents is 1. The number of hydrogen-bond acceptors (Lipinski definition) is 5. The molecule has 1 amide bonds. The molecule has 0 aliphatic rings. The van der Waals surface area contributed by atoms with Gasteiger partial charge >= 0.3 is 0 Å². The van der Waals surface area contributed by atoms with Crippen LogP contribution in [0.15, 0.2) is 47.3 Å². The van der Waals surface area contributed by atoms with Gasteiger partial charge in [-0.1, -0.05) is 0 Å². The van der Waals surface area contributed by atoms with Gasteiger partial charge in [-0.05, 0) is 36.8 Å². The highest BCUT2D eigenvalue weighted by Crippen LogP contribution is 2.12. The maximum absolute atomic E-state index is 11.7. The maximum atomic E-state index is 11.7. The van der Waals surface area contributed by atoms with E-state index in [0.717, 1.165) is 5.69 Å². The third-order valence-electron chi connectivity index (χ3n) is 3.15. The number of nitro groups is 1. The number of aryl methyl sites for hydroxylation is 1. The summed E-state index contributed by atoms with van der Waals surface area (Å²) in [5.74, 6) is -0.325. The summed E-state index contributed by atoms with van der Waals surface area (Å²) in [5.41, 5.74) is 1.16. The molecule has 1 N–H and O–H groups in total. The van der Waals surface area contributed by atoms with E-state index in [2.05, 4.69) is 10.4 Å². The van der Waals surface area contributed by atoms with E-state index in [1.807, 2.05) is 0 Å². The Kier molecular flexibility index (Phi) is 5.56. The second kappa shape index (κ2) is 7.82. The zero-order valence-electron chi connectivity index (χ0n) is 13.0. The van der Waals surface area contributed by atoms with Crippen molar-refractivity contribution < 1.29 is 9.72 Å². The van der Waals surface area contributed by atoms with Gasteiger partial charge in [0.2, 0.25) is 5.91 Å². The molecule has 0 atom stereocenters.